The van der Waals surface area contributed by atoms with E-state index in [1.165, 1.54) is 11.8 Å². The van der Waals surface area contributed by atoms with E-state index in [9.17, 15) is 9.59 Å². The van der Waals surface area contributed by atoms with Crippen molar-refractivity contribution in [3.05, 3.63) is 66.2 Å². The number of rotatable bonds is 8. The van der Waals surface area contributed by atoms with E-state index in [0.29, 0.717) is 6.54 Å². The number of amides is 2. The second-order valence-electron chi connectivity index (χ2n) is 6.68. The topological polar surface area (TPSA) is 58.2 Å². The van der Waals surface area contributed by atoms with Crippen LogP contribution in [0.3, 0.4) is 0 Å². The zero-order chi connectivity index (χ0) is 19.0. The minimum atomic E-state index is -0.662. The van der Waals surface area contributed by atoms with Crippen LogP contribution in [0.15, 0.2) is 65.6 Å². The van der Waals surface area contributed by atoms with Crippen LogP contribution in [0.25, 0.3) is 0 Å². The standard InChI is InChI=1S/C21H26N2O2S/c1-4-22-20(25)21(2,3)15-23-19(24)18(16-11-7-5-8-12-16)26-17-13-9-6-10-14-17/h5-14,18H,4,15H2,1-3H3,(H,22,25)(H,23,24)/t18-/m0/s1. The van der Waals surface area contributed by atoms with E-state index in [0.717, 1.165) is 10.5 Å². The lowest BCUT2D eigenvalue weighted by atomic mass is 9.92. The first-order valence-electron chi connectivity index (χ1n) is 8.76. The summed E-state index contributed by atoms with van der Waals surface area (Å²) in [5.41, 5.74) is 0.277. The van der Waals surface area contributed by atoms with Crippen LogP contribution < -0.4 is 10.6 Å². The maximum atomic E-state index is 12.9. The second kappa shape index (κ2) is 9.43. The monoisotopic (exact) mass is 370 g/mol. The van der Waals surface area contributed by atoms with Crippen molar-refractivity contribution >= 4 is 23.6 Å². The van der Waals surface area contributed by atoms with Crippen LogP contribution in [0.1, 0.15) is 31.6 Å². The van der Waals surface area contributed by atoms with E-state index < -0.39 is 5.41 Å². The predicted octanol–water partition coefficient (Wildman–Crippen LogP) is 3.80. The Morgan fingerprint density at radius 1 is 0.962 bits per heavy atom. The number of thioether (sulfide) groups is 1. The van der Waals surface area contributed by atoms with Gasteiger partial charge in [0.05, 0.1) is 5.41 Å². The van der Waals surface area contributed by atoms with Crippen LogP contribution in [0, 0.1) is 5.41 Å². The highest BCUT2D eigenvalue weighted by Gasteiger charge is 2.29. The Hall–Kier alpha value is -2.27. The molecule has 0 aliphatic rings. The van der Waals surface area contributed by atoms with Crippen molar-refractivity contribution in [2.45, 2.75) is 30.9 Å². The van der Waals surface area contributed by atoms with Crippen LogP contribution in [0.4, 0.5) is 0 Å². The summed E-state index contributed by atoms with van der Waals surface area (Å²) < 4.78 is 0. The molecule has 2 aromatic carbocycles. The molecule has 0 aromatic heterocycles. The molecule has 0 saturated carbocycles. The molecule has 0 aliphatic heterocycles. The molecule has 26 heavy (non-hydrogen) atoms. The van der Waals surface area contributed by atoms with Gasteiger partial charge in [-0.15, -0.1) is 11.8 Å². The molecule has 4 nitrogen and oxygen atoms in total. The van der Waals surface area contributed by atoms with Crippen LogP contribution in [-0.4, -0.2) is 24.9 Å². The summed E-state index contributed by atoms with van der Waals surface area (Å²) in [4.78, 5) is 26.1. The molecule has 138 valence electrons. The molecule has 2 aromatic rings. The van der Waals surface area contributed by atoms with Crippen molar-refractivity contribution in [1.82, 2.24) is 10.6 Å². The summed E-state index contributed by atoms with van der Waals surface area (Å²) >= 11 is 1.51. The van der Waals surface area contributed by atoms with Gasteiger partial charge >= 0.3 is 0 Å². The summed E-state index contributed by atoms with van der Waals surface area (Å²) in [6.07, 6.45) is 0. The molecule has 2 rings (SSSR count). The van der Waals surface area contributed by atoms with E-state index in [1.54, 1.807) is 0 Å². The summed E-state index contributed by atoms with van der Waals surface area (Å²) in [5, 5.41) is 5.40. The Bertz CT molecular complexity index is 717. The first-order chi connectivity index (χ1) is 12.4. The fraction of sp³-hybridized carbons (Fsp3) is 0.333. The van der Waals surface area contributed by atoms with Gasteiger partial charge in [-0.05, 0) is 38.5 Å². The highest BCUT2D eigenvalue weighted by atomic mass is 32.2. The van der Waals surface area contributed by atoms with Gasteiger partial charge in [0.2, 0.25) is 11.8 Å². The third kappa shape index (κ3) is 5.63. The summed E-state index contributed by atoms with van der Waals surface area (Å²) in [7, 11) is 0. The molecule has 2 amide bonds. The minimum absolute atomic E-state index is 0.0627. The van der Waals surface area contributed by atoms with Gasteiger partial charge in [-0.3, -0.25) is 9.59 Å². The first-order valence-corrected chi connectivity index (χ1v) is 9.64. The van der Waals surface area contributed by atoms with Gasteiger partial charge < -0.3 is 10.6 Å². The molecule has 0 unspecified atom stereocenters. The van der Waals surface area contributed by atoms with Crippen LogP contribution in [-0.2, 0) is 9.59 Å². The van der Waals surface area contributed by atoms with Gasteiger partial charge in [-0.2, -0.15) is 0 Å². The van der Waals surface area contributed by atoms with Crippen LogP contribution in [0.2, 0.25) is 0 Å². The highest BCUT2D eigenvalue weighted by molar-refractivity contribution is 8.00. The molecule has 1 atom stereocenters. The normalized spacial score (nSPS) is 12.3. The molecule has 5 heteroatoms. The maximum absolute atomic E-state index is 12.9. The molecule has 0 fully saturated rings. The van der Waals surface area contributed by atoms with Crippen molar-refractivity contribution < 1.29 is 9.59 Å². The van der Waals surface area contributed by atoms with Gasteiger partial charge in [0.25, 0.3) is 0 Å². The fourth-order valence-corrected chi connectivity index (χ4v) is 3.49. The Morgan fingerprint density at radius 3 is 2.12 bits per heavy atom. The van der Waals surface area contributed by atoms with Gasteiger partial charge in [0.15, 0.2) is 0 Å². The Kier molecular flexibility index (Phi) is 7.27. The van der Waals surface area contributed by atoms with E-state index in [2.05, 4.69) is 10.6 Å². The third-order valence-electron chi connectivity index (χ3n) is 3.99. The van der Waals surface area contributed by atoms with Gasteiger partial charge in [-0.1, -0.05) is 48.5 Å². The lowest BCUT2D eigenvalue weighted by Gasteiger charge is -2.25. The molecule has 2 N–H and O–H groups in total. The zero-order valence-corrected chi connectivity index (χ0v) is 16.3. The fourth-order valence-electron chi connectivity index (χ4n) is 2.42. The molecule has 0 radical (unpaired) electrons. The Morgan fingerprint density at radius 2 is 1.54 bits per heavy atom. The second-order valence-corrected chi connectivity index (χ2v) is 7.86. The number of benzene rings is 2. The van der Waals surface area contributed by atoms with E-state index in [4.69, 9.17) is 0 Å². The average molecular weight is 371 g/mol. The zero-order valence-electron chi connectivity index (χ0n) is 15.5. The number of hydrogen-bond acceptors (Lipinski definition) is 3. The smallest absolute Gasteiger partial charge is 0.238 e. The summed E-state index contributed by atoms with van der Waals surface area (Å²) in [6.45, 7) is 6.41. The predicted molar refractivity (Wildman–Crippen MR) is 107 cm³/mol. The summed E-state index contributed by atoms with van der Waals surface area (Å²) in [6, 6.07) is 19.6. The third-order valence-corrected chi connectivity index (χ3v) is 5.26. The van der Waals surface area contributed by atoms with Crippen molar-refractivity contribution in [2.24, 2.45) is 5.41 Å². The van der Waals surface area contributed by atoms with Gasteiger partial charge in [0, 0.05) is 18.0 Å². The Labute approximate surface area is 159 Å². The van der Waals surface area contributed by atoms with Crippen LogP contribution in [0.5, 0.6) is 0 Å². The molecule has 0 saturated heterocycles. The number of carbonyl (C=O) groups excluding carboxylic acids is 2. The van der Waals surface area contributed by atoms with E-state index in [1.807, 2.05) is 81.4 Å². The average Bonchev–Trinajstić information content (AvgIpc) is 2.66. The molecule has 0 heterocycles. The number of nitrogens with one attached hydrogen (secondary N) is 2. The molecule has 0 bridgehead atoms. The highest BCUT2D eigenvalue weighted by Crippen LogP contribution is 2.35. The van der Waals surface area contributed by atoms with Gasteiger partial charge in [0.1, 0.15) is 5.25 Å². The van der Waals surface area contributed by atoms with Crippen molar-refractivity contribution in [3.63, 3.8) is 0 Å². The van der Waals surface area contributed by atoms with Crippen molar-refractivity contribution in [1.29, 1.82) is 0 Å². The minimum Gasteiger partial charge on any atom is -0.356 e. The quantitative estimate of drug-likeness (QED) is 0.695. The largest absolute Gasteiger partial charge is 0.356 e. The molecule has 0 aliphatic carbocycles. The SMILES string of the molecule is CCNC(=O)C(C)(C)CNC(=O)[C@@H](Sc1ccccc1)c1ccccc1. The number of carbonyl (C=O) groups is 2. The van der Waals surface area contributed by atoms with Crippen LogP contribution >= 0.6 is 11.8 Å². The summed E-state index contributed by atoms with van der Waals surface area (Å²) in [5.74, 6) is -0.158. The van der Waals surface area contributed by atoms with Gasteiger partial charge in [-0.25, -0.2) is 0 Å². The lowest BCUT2D eigenvalue weighted by Crippen LogP contribution is -2.45. The molecular weight excluding hydrogens is 344 g/mol. The lowest BCUT2D eigenvalue weighted by molar-refractivity contribution is -0.129. The number of hydrogen-bond donors (Lipinski definition) is 2. The van der Waals surface area contributed by atoms with E-state index in [-0.39, 0.29) is 23.6 Å². The maximum Gasteiger partial charge on any atom is 0.238 e. The van der Waals surface area contributed by atoms with E-state index >= 15 is 0 Å². The molecule has 0 spiro atoms. The molecular formula is C21H26N2O2S. The van der Waals surface area contributed by atoms with Crippen molar-refractivity contribution in [2.75, 3.05) is 13.1 Å². The first kappa shape index (κ1) is 20.0. The Balaban J connectivity index is 2.12. The van der Waals surface area contributed by atoms with Crippen molar-refractivity contribution in [3.8, 4) is 0 Å².